The minimum absolute atomic E-state index is 0.0237. The van der Waals surface area contributed by atoms with E-state index < -0.39 is 0 Å². The van der Waals surface area contributed by atoms with Gasteiger partial charge in [-0.25, -0.2) is 0 Å². The van der Waals surface area contributed by atoms with Gasteiger partial charge in [0.2, 0.25) is 0 Å². The fraction of sp³-hybridized carbons (Fsp3) is 0.273. The second-order valence-electron chi connectivity index (χ2n) is 6.85. The molecule has 0 radical (unpaired) electrons. The van der Waals surface area contributed by atoms with Crippen LogP contribution in [0.2, 0.25) is 0 Å². The Kier molecular flexibility index (Phi) is 5.02. The zero-order valence-corrected chi connectivity index (χ0v) is 16.0. The van der Waals surface area contributed by atoms with Crippen LogP contribution >= 0.6 is 0 Å². The van der Waals surface area contributed by atoms with Crippen LogP contribution < -0.4 is 14.8 Å². The molecule has 2 N–H and O–H groups in total. The second-order valence-corrected chi connectivity index (χ2v) is 6.85. The summed E-state index contributed by atoms with van der Waals surface area (Å²) in [7, 11) is 3.21. The SMILES string of the molecule is COc1ccc(OC)c(-c2cc(C(=O)NC3CCCc4ccccc43)[nH]n2)c1. The summed E-state index contributed by atoms with van der Waals surface area (Å²) in [5.41, 5.74) is 4.33. The summed E-state index contributed by atoms with van der Waals surface area (Å²) in [5, 5.41) is 10.3. The number of carbonyl (C=O) groups excluding carboxylic acids is 1. The molecule has 1 aliphatic rings. The quantitative estimate of drug-likeness (QED) is 0.707. The lowest BCUT2D eigenvalue weighted by atomic mass is 9.87. The first-order valence-corrected chi connectivity index (χ1v) is 9.36. The monoisotopic (exact) mass is 377 g/mol. The summed E-state index contributed by atoms with van der Waals surface area (Å²) in [6.07, 6.45) is 3.07. The maximum atomic E-state index is 12.8. The molecule has 28 heavy (non-hydrogen) atoms. The number of methoxy groups -OCH3 is 2. The van der Waals surface area contributed by atoms with Crippen LogP contribution in [0.15, 0.2) is 48.5 Å². The number of carbonyl (C=O) groups is 1. The molecule has 0 saturated carbocycles. The minimum atomic E-state index is -0.165. The van der Waals surface area contributed by atoms with E-state index in [9.17, 15) is 4.79 Å². The van der Waals surface area contributed by atoms with Crippen molar-refractivity contribution in [1.82, 2.24) is 15.5 Å². The summed E-state index contributed by atoms with van der Waals surface area (Å²) in [6.45, 7) is 0. The predicted molar refractivity (Wildman–Crippen MR) is 107 cm³/mol. The Labute approximate surface area is 163 Å². The molecule has 1 amide bonds. The first kappa shape index (κ1) is 18.1. The Hall–Kier alpha value is -3.28. The molecule has 4 rings (SSSR count). The Morgan fingerprint density at radius 3 is 2.82 bits per heavy atom. The lowest BCUT2D eigenvalue weighted by Crippen LogP contribution is -2.31. The van der Waals surface area contributed by atoms with Crippen molar-refractivity contribution in [2.75, 3.05) is 14.2 Å². The van der Waals surface area contributed by atoms with E-state index >= 15 is 0 Å². The third kappa shape index (κ3) is 3.45. The molecule has 0 bridgehead atoms. The zero-order valence-electron chi connectivity index (χ0n) is 16.0. The minimum Gasteiger partial charge on any atom is -0.497 e. The van der Waals surface area contributed by atoms with E-state index in [-0.39, 0.29) is 11.9 Å². The topological polar surface area (TPSA) is 76.2 Å². The second kappa shape index (κ2) is 7.76. The van der Waals surface area contributed by atoms with E-state index in [0.717, 1.165) is 24.8 Å². The number of rotatable bonds is 5. The first-order valence-electron chi connectivity index (χ1n) is 9.36. The van der Waals surface area contributed by atoms with Gasteiger partial charge in [-0.3, -0.25) is 9.89 Å². The summed E-state index contributed by atoms with van der Waals surface area (Å²) >= 11 is 0. The van der Waals surface area contributed by atoms with Gasteiger partial charge >= 0.3 is 0 Å². The highest BCUT2D eigenvalue weighted by molar-refractivity contribution is 5.94. The summed E-state index contributed by atoms with van der Waals surface area (Å²) in [5.74, 6) is 1.20. The van der Waals surface area contributed by atoms with Crippen LogP contribution in [-0.2, 0) is 6.42 Å². The average Bonchev–Trinajstić information content (AvgIpc) is 3.24. The number of fused-ring (bicyclic) bond motifs is 1. The standard InChI is InChI=1S/C22H23N3O3/c1-27-15-10-11-21(28-2)17(12-15)19-13-20(25-24-19)22(26)23-18-9-5-7-14-6-3-4-8-16(14)18/h3-4,6,8,10-13,18H,5,7,9H2,1-2H3,(H,23,26)(H,24,25). The largest absolute Gasteiger partial charge is 0.497 e. The van der Waals surface area contributed by atoms with Gasteiger partial charge in [-0.1, -0.05) is 24.3 Å². The van der Waals surface area contributed by atoms with Crippen LogP contribution in [0, 0.1) is 0 Å². The van der Waals surface area contributed by atoms with E-state index in [4.69, 9.17) is 9.47 Å². The number of aromatic amines is 1. The number of amides is 1. The van der Waals surface area contributed by atoms with Gasteiger partial charge in [0.25, 0.3) is 5.91 Å². The number of hydrogen-bond donors (Lipinski definition) is 2. The molecule has 2 aromatic carbocycles. The Morgan fingerprint density at radius 1 is 1.14 bits per heavy atom. The predicted octanol–water partition coefficient (Wildman–Crippen LogP) is 3.90. The molecule has 0 spiro atoms. The van der Waals surface area contributed by atoms with Gasteiger partial charge in [-0.15, -0.1) is 0 Å². The molecular weight excluding hydrogens is 354 g/mol. The fourth-order valence-corrected chi connectivity index (χ4v) is 3.73. The summed E-state index contributed by atoms with van der Waals surface area (Å²) in [6, 6.07) is 15.5. The number of H-pyrrole nitrogens is 1. The molecule has 1 atom stereocenters. The number of aryl methyl sites for hydroxylation is 1. The normalized spacial score (nSPS) is 15.6. The van der Waals surface area contributed by atoms with Crippen molar-refractivity contribution in [2.45, 2.75) is 25.3 Å². The maximum absolute atomic E-state index is 12.8. The van der Waals surface area contributed by atoms with Crippen LogP contribution in [-0.4, -0.2) is 30.3 Å². The van der Waals surface area contributed by atoms with Gasteiger partial charge in [0.05, 0.1) is 26.0 Å². The Bertz CT molecular complexity index is 996. The Balaban J connectivity index is 1.56. The van der Waals surface area contributed by atoms with Crippen molar-refractivity contribution >= 4 is 5.91 Å². The number of hydrogen-bond acceptors (Lipinski definition) is 4. The van der Waals surface area contributed by atoms with Crippen molar-refractivity contribution in [1.29, 1.82) is 0 Å². The molecule has 6 nitrogen and oxygen atoms in total. The van der Waals surface area contributed by atoms with Crippen molar-refractivity contribution in [3.05, 3.63) is 65.4 Å². The van der Waals surface area contributed by atoms with Crippen LogP contribution in [0.4, 0.5) is 0 Å². The van der Waals surface area contributed by atoms with E-state index in [1.165, 1.54) is 11.1 Å². The summed E-state index contributed by atoms with van der Waals surface area (Å²) < 4.78 is 10.7. The van der Waals surface area contributed by atoms with Gasteiger partial charge in [-0.05, 0) is 54.7 Å². The maximum Gasteiger partial charge on any atom is 0.269 e. The number of ether oxygens (including phenoxy) is 2. The molecule has 1 heterocycles. The molecule has 6 heteroatoms. The average molecular weight is 377 g/mol. The third-order valence-electron chi connectivity index (χ3n) is 5.18. The van der Waals surface area contributed by atoms with Crippen LogP contribution in [0.5, 0.6) is 11.5 Å². The third-order valence-corrected chi connectivity index (χ3v) is 5.18. The van der Waals surface area contributed by atoms with Gasteiger partial charge in [0, 0.05) is 5.56 Å². The number of nitrogens with one attached hydrogen (secondary N) is 2. The fourth-order valence-electron chi connectivity index (χ4n) is 3.73. The van der Waals surface area contributed by atoms with Crippen molar-refractivity contribution in [3.63, 3.8) is 0 Å². The molecule has 0 aliphatic heterocycles. The number of nitrogens with zero attached hydrogens (tertiary/aromatic N) is 1. The van der Waals surface area contributed by atoms with E-state index in [1.54, 1.807) is 20.3 Å². The highest BCUT2D eigenvalue weighted by Gasteiger charge is 2.23. The van der Waals surface area contributed by atoms with E-state index in [1.807, 2.05) is 30.3 Å². The van der Waals surface area contributed by atoms with Crippen molar-refractivity contribution in [3.8, 4) is 22.8 Å². The molecule has 1 aromatic heterocycles. The molecule has 0 fully saturated rings. The molecule has 1 unspecified atom stereocenters. The molecule has 144 valence electrons. The molecular formula is C22H23N3O3. The Morgan fingerprint density at radius 2 is 2.00 bits per heavy atom. The van der Waals surface area contributed by atoms with E-state index in [0.29, 0.717) is 22.9 Å². The van der Waals surface area contributed by atoms with Crippen LogP contribution in [0.3, 0.4) is 0 Å². The zero-order chi connectivity index (χ0) is 19.5. The van der Waals surface area contributed by atoms with Gasteiger partial charge < -0.3 is 14.8 Å². The van der Waals surface area contributed by atoms with E-state index in [2.05, 4.69) is 27.6 Å². The molecule has 1 aliphatic carbocycles. The van der Waals surface area contributed by atoms with Crippen molar-refractivity contribution < 1.29 is 14.3 Å². The number of aromatic nitrogens is 2. The van der Waals surface area contributed by atoms with Gasteiger partial charge in [0.15, 0.2) is 0 Å². The highest BCUT2D eigenvalue weighted by Crippen LogP contribution is 2.33. The van der Waals surface area contributed by atoms with Crippen molar-refractivity contribution in [2.24, 2.45) is 0 Å². The molecule has 3 aromatic rings. The van der Waals surface area contributed by atoms with Crippen LogP contribution in [0.1, 0.15) is 40.5 Å². The number of benzene rings is 2. The lowest BCUT2D eigenvalue weighted by molar-refractivity contribution is 0.0927. The summed E-state index contributed by atoms with van der Waals surface area (Å²) in [4.78, 5) is 12.8. The smallest absolute Gasteiger partial charge is 0.269 e. The van der Waals surface area contributed by atoms with Gasteiger partial charge in [-0.2, -0.15) is 5.10 Å². The van der Waals surface area contributed by atoms with Gasteiger partial charge in [0.1, 0.15) is 17.2 Å². The highest BCUT2D eigenvalue weighted by atomic mass is 16.5. The molecule has 0 saturated heterocycles. The van der Waals surface area contributed by atoms with Crippen LogP contribution in [0.25, 0.3) is 11.3 Å². The first-order chi connectivity index (χ1) is 13.7. The lowest BCUT2D eigenvalue weighted by Gasteiger charge is -2.26.